The van der Waals surface area contributed by atoms with Gasteiger partial charge in [-0.3, -0.25) is 38.1 Å². The normalized spacial score (nSPS) is 28.9. The molecule has 3 saturated heterocycles. The van der Waals surface area contributed by atoms with Crippen molar-refractivity contribution in [2.45, 2.75) is 112 Å². The highest BCUT2D eigenvalue weighted by Gasteiger charge is 2.50. The maximum Gasteiger partial charge on any atom is 0.446 e. The lowest BCUT2D eigenvalue weighted by Gasteiger charge is -2.34. The van der Waals surface area contributed by atoms with Crippen LogP contribution in [0, 0.1) is 5.92 Å². The lowest BCUT2D eigenvalue weighted by Crippen LogP contribution is -2.64. The highest BCUT2D eigenvalue weighted by Crippen LogP contribution is 2.33. The summed E-state index contributed by atoms with van der Waals surface area (Å²) in [6.07, 6.45) is -17.8. The van der Waals surface area contributed by atoms with Gasteiger partial charge in [-0.25, -0.2) is 4.79 Å². The number of hydrogen-bond acceptors (Lipinski definition) is 20. The first-order chi connectivity index (χ1) is 33.7. The quantitative estimate of drug-likeness (QED) is 0.0930. The third-order valence-corrected chi connectivity index (χ3v) is 12.3. The summed E-state index contributed by atoms with van der Waals surface area (Å²) < 4.78 is 41.7. The predicted molar refractivity (Wildman–Crippen MR) is 238 cm³/mol. The first-order valence-corrected chi connectivity index (χ1v) is 23.4. The Bertz CT molecular complexity index is 2470. The van der Waals surface area contributed by atoms with Gasteiger partial charge in [0.1, 0.15) is 54.2 Å². The number of nitrogens with zero attached hydrogens (tertiary/aromatic N) is 2. The fraction of sp³-hybridized carbons (Fsp3) is 0.524. The van der Waals surface area contributed by atoms with Crippen LogP contribution in [0.4, 0.5) is 4.79 Å². The number of fused-ring (bicyclic) bond motifs is 2. The molecule has 3 fully saturated rings. The van der Waals surface area contributed by atoms with E-state index in [1.54, 1.807) is 6.07 Å². The van der Waals surface area contributed by atoms with Crippen molar-refractivity contribution in [2.75, 3.05) is 19.6 Å². The molecule has 72 heavy (non-hydrogen) atoms. The molecule has 0 spiro atoms. The third-order valence-electron chi connectivity index (χ3n) is 11.9. The van der Waals surface area contributed by atoms with E-state index in [1.165, 1.54) is 31.2 Å². The fourth-order valence-corrected chi connectivity index (χ4v) is 8.61. The maximum absolute atomic E-state index is 14.5. The second-order valence-electron chi connectivity index (χ2n) is 17.4. The molecule has 0 aromatic heterocycles. The van der Waals surface area contributed by atoms with Crippen LogP contribution in [0.25, 0.3) is 0 Å². The first kappa shape index (κ1) is 56.1. The highest BCUT2D eigenvalue weighted by atomic mass is 32.3. The number of aromatic hydroxyl groups is 1. The molecular weight excluding hydrogens is 985 g/mol. The Morgan fingerprint density at radius 2 is 1.44 bits per heavy atom. The van der Waals surface area contributed by atoms with Crippen molar-refractivity contribution >= 4 is 57.8 Å². The second kappa shape index (κ2) is 23.6. The van der Waals surface area contributed by atoms with E-state index in [0.29, 0.717) is 15.9 Å². The Hall–Kier alpha value is -6.77. The number of carbonyl (C=O) groups excluding carboxylic acids is 8. The number of phenols is 1. The molecule has 3 aliphatic heterocycles. The van der Waals surface area contributed by atoms with Gasteiger partial charge < -0.3 is 91.9 Å². The number of phenolic OH excluding ortho intramolecular Hbond substituents is 1. The maximum atomic E-state index is 14.5. The molecular formula is C42H56N8O21S. The van der Waals surface area contributed by atoms with Crippen molar-refractivity contribution in [1.29, 1.82) is 0 Å². The largest absolute Gasteiger partial charge is 0.504 e. The molecule has 30 heteroatoms. The van der Waals surface area contributed by atoms with Crippen LogP contribution in [0.5, 0.6) is 17.2 Å². The zero-order valence-electron chi connectivity index (χ0n) is 38.2. The molecule has 5 rings (SSSR count). The Balaban J connectivity index is 1.61. The van der Waals surface area contributed by atoms with Crippen LogP contribution in [-0.2, 0) is 44.0 Å². The number of ether oxygens (including phenoxy) is 1. The van der Waals surface area contributed by atoms with E-state index >= 15 is 0 Å². The topological polar surface area (TPSA) is 464 Å². The molecule has 0 bridgehead atoms. The van der Waals surface area contributed by atoms with Crippen LogP contribution in [0.15, 0.2) is 48.5 Å². The molecule has 2 aromatic carbocycles. The van der Waals surface area contributed by atoms with Crippen molar-refractivity contribution in [3.8, 4) is 17.2 Å². The Morgan fingerprint density at radius 3 is 2.07 bits per heavy atom. The van der Waals surface area contributed by atoms with E-state index < -0.39 is 199 Å². The van der Waals surface area contributed by atoms with Gasteiger partial charge in [0.15, 0.2) is 11.5 Å². The summed E-state index contributed by atoms with van der Waals surface area (Å²) in [6, 6.07) is -2.86. The molecule has 29 nitrogen and oxygen atoms in total. The molecule has 14 atom stereocenters. The van der Waals surface area contributed by atoms with Gasteiger partial charge >= 0.3 is 16.5 Å². The van der Waals surface area contributed by atoms with Gasteiger partial charge in [0, 0.05) is 38.4 Å². The molecule has 5 unspecified atom stereocenters. The molecule has 0 saturated carbocycles. The first-order valence-electron chi connectivity index (χ1n) is 22.0. The number of primary amides is 1. The van der Waals surface area contributed by atoms with Gasteiger partial charge in [0.2, 0.25) is 41.4 Å². The van der Waals surface area contributed by atoms with Gasteiger partial charge in [-0.15, -0.1) is 0 Å². The number of β-amino-alcohol motifs (C(OH)–C–C–N with tert-alkyl or cyclic N) is 1. The van der Waals surface area contributed by atoms with Gasteiger partial charge in [0.25, 0.3) is 0 Å². The fourth-order valence-electron chi connectivity index (χ4n) is 8.25. The number of aliphatic hydroxyl groups excluding tert-OH is 7. The minimum Gasteiger partial charge on any atom is -0.504 e. The SMILES string of the molecule is C[C@H](O)C1NC(=O)[C@@H](NC(=O)Oc2ccccc2)C[C@H](O)CNC(=O)C2[C@@H](O)[C@@H](C)CN2C(=O)C([C@H](O)CC(N)=O)NC(=O)C([C@H](O)[C@@H](O)c2ccc(O)c(OS(=O)(=O)O)c2)NC(=O)C2C[C@@H](O)CN2C1=O. The van der Waals surface area contributed by atoms with Crippen LogP contribution >= 0.6 is 0 Å². The molecule has 0 aliphatic carbocycles. The van der Waals surface area contributed by atoms with Crippen LogP contribution in [0.2, 0.25) is 0 Å². The number of hydrogen-bond donors (Lipinski definition) is 15. The van der Waals surface area contributed by atoms with Crippen molar-refractivity contribution in [3.05, 3.63) is 54.1 Å². The average Bonchev–Trinajstić information content (AvgIpc) is 3.84. The minimum atomic E-state index is -5.32. The van der Waals surface area contributed by atoms with Crippen LogP contribution in [-0.4, -0.2) is 204 Å². The van der Waals surface area contributed by atoms with E-state index in [4.69, 9.17) is 10.5 Å². The number of carbonyl (C=O) groups is 8. The van der Waals surface area contributed by atoms with Gasteiger partial charge in [-0.1, -0.05) is 31.2 Å². The van der Waals surface area contributed by atoms with Crippen molar-refractivity contribution in [1.82, 2.24) is 36.4 Å². The van der Waals surface area contributed by atoms with Crippen LogP contribution in [0.1, 0.15) is 44.8 Å². The van der Waals surface area contributed by atoms with Crippen molar-refractivity contribution in [3.63, 3.8) is 0 Å². The molecule has 3 aliphatic rings. The number of nitrogens with two attached hydrogens (primary N) is 1. The predicted octanol–water partition coefficient (Wildman–Crippen LogP) is -6.75. The number of rotatable bonds is 11. The second-order valence-corrected chi connectivity index (χ2v) is 18.5. The monoisotopic (exact) mass is 1040 g/mol. The summed E-state index contributed by atoms with van der Waals surface area (Å²) in [6.45, 7) is 0.543. The zero-order chi connectivity index (χ0) is 53.5. The smallest absolute Gasteiger partial charge is 0.446 e. The van der Waals surface area contributed by atoms with Gasteiger partial charge in [-0.2, -0.15) is 8.42 Å². The van der Waals surface area contributed by atoms with Crippen molar-refractivity contribution in [2.24, 2.45) is 11.7 Å². The summed E-state index contributed by atoms with van der Waals surface area (Å²) in [5, 5.41) is 99.5. The lowest BCUT2D eigenvalue weighted by molar-refractivity contribution is -0.148. The van der Waals surface area contributed by atoms with Gasteiger partial charge in [0.05, 0.1) is 36.9 Å². The molecule has 3 heterocycles. The van der Waals surface area contributed by atoms with Gasteiger partial charge in [-0.05, 0) is 36.8 Å². The van der Waals surface area contributed by atoms with Crippen LogP contribution < -0.4 is 41.2 Å². The van der Waals surface area contributed by atoms with E-state index in [-0.39, 0.29) is 5.75 Å². The molecule has 16 N–H and O–H groups in total. The Labute approximate surface area is 409 Å². The molecule has 396 valence electrons. The number of benzene rings is 2. The lowest BCUT2D eigenvalue weighted by atomic mass is 9.96. The Kier molecular flexibility index (Phi) is 18.4. The number of nitrogens with one attached hydrogen (secondary N) is 5. The van der Waals surface area contributed by atoms with Crippen LogP contribution in [0.3, 0.4) is 0 Å². The summed E-state index contributed by atoms with van der Waals surface area (Å²) in [4.78, 5) is 112. The van der Waals surface area contributed by atoms with E-state index in [1.807, 2.05) is 0 Å². The van der Waals surface area contributed by atoms with E-state index in [9.17, 15) is 92.2 Å². The molecule has 2 aromatic rings. The summed E-state index contributed by atoms with van der Waals surface area (Å²) in [5.41, 5.74) is 4.73. The number of para-hydroxylation sites is 1. The minimum absolute atomic E-state index is 0.00800. The summed E-state index contributed by atoms with van der Waals surface area (Å²) in [5.74, 6) is -12.2. The Morgan fingerprint density at radius 1 is 0.819 bits per heavy atom. The summed E-state index contributed by atoms with van der Waals surface area (Å²) >= 11 is 0. The molecule has 8 amide bonds. The standard InChI is InChI=1S/C42H56N8O21S/c1-17-15-50-32(33(17)57)39(63)44-14-20(52)11-23(45-42(66)70-22-6-4-3-5-7-22)36(60)46-29(18(2)51)40(64)49-16-21(53)12-24(49)37(61)48-31(38(62)47-30(41(50)65)26(55)13-28(43)56)35(59)34(58)19-8-9-25(54)27(10-19)71-72(67,68)69/h3-10,17-18,20-21,23-24,26,29-35,51-55,57-59H,11-16H2,1-2H3,(H2,43,56)(H,44,63)(H,45,66)(H,46,60)(H,47,62)(H,48,61)(H,67,68,69)/t17-,18-,20-,21+,23-,24?,26+,29?,30?,31?,32?,33-,34-,35-/m0/s1. The van der Waals surface area contributed by atoms with Crippen molar-refractivity contribution < 1.29 is 101 Å². The average molecular weight is 1040 g/mol. The highest BCUT2D eigenvalue weighted by molar-refractivity contribution is 7.81. The third kappa shape index (κ3) is 14.0. The van der Waals surface area contributed by atoms with E-state index in [2.05, 4.69) is 30.8 Å². The molecule has 0 radical (unpaired) electrons. The van der Waals surface area contributed by atoms with E-state index in [0.717, 1.165) is 19.1 Å². The zero-order valence-corrected chi connectivity index (χ0v) is 39.1. The number of amides is 8. The summed E-state index contributed by atoms with van der Waals surface area (Å²) in [7, 11) is -5.32. The number of aliphatic hydroxyl groups is 7.